The van der Waals surface area contributed by atoms with Crippen LogP contribution >= 0.6 is 33.2 Å². The number of halogens is 3. The van der Waals surface area contributed by atoms with Crippen LogP contribution in [0.25, 0.3) is 0 Å². The Balaban J connectivity index is 1.88. The summed E-state index contributed by atoms with van der Waals surface area (Å²) in [7, 11) is 0. The molecule has 2 fully saturated rings. The highest BCUT2D eigenvalue weighted by atomic mass is 35.8. The number of rotatable bonds is 7. The minimum absolute atomic E-state index is 0.572. The van der Waals surface area contributed by atoms with E-state index in [9.17, 15) is 0 Å². The first-order valence-corrected chi connectivity index (χ1v) is 13.7. The van der Waals surface area contributed by atoms with Gasteiger partial charge in [-0.05, 0) is 55.4 Å². The van der Waals surface area contributed by atoms with E-state index in [-0.39, 0.29) is 0 Å². The lowest BCUT2D eigenvalue weighted by atomic mass is 9.64. The Hall–Kier alpha value is 1.09. The van der Waals surface area contributed by atoms with Gasteiger partial charge in [0.2, 0.25) is 0 Å². The maximum Gasteiger partial charge on any atom is 0.341 e. The molecule has 4 heteroatoms. The number of unbranched alkanes of at least 4 members (excludes halogenated alkanes) is 1. The van der Waals surface area contributed by atoms with Gasteiger partial charge in [-0.1, -0.05) is 45.4 Å². The van der Waals surface area contributed by atoms with Crippen LogP contribution in [-0.4, -0.2) is 6.00 Å². The quantitative estimate of drug-likeness (QED) is 0.257. The Morgan fingerprint density at radius 1 is 0.850 bits per heavy atom. The van der Waals surface area contributed by atoms with Crippen molar-refractivity contribution >= 4 is 39.2 Å². The van der Waals surface area contributed by atoms with E-state index >= 15 is 0 Å². The fraction of sp³-hybridized carbons (Fsp3) is 1.00. The number of hydrogen-bond donors (Lipinski definition) is 0. The van der Waals surface area contributed by atoms with Gasteiger partial charge >= 0.3 is 6.00 Å². The minimum Gasteiger partial charge on any atom is -0.126 e. The van der Waals surface area contributed by atoms with Gasteiger partial charge < -0.3 is 0 Å². The highest BCUT2D eigenvalue weighted by Crippen LogP contribution is 2.53. The van der Waals surface area contributed by atoms with E-state index < -0.39 is 6.00 Å². The second-order valence-electron chi connectivity index (χ2n) is 7.29. The number of hydrogen-bond acceptors (Lipinski definition) is 0. The summed E-state index contributed by atoms with van der Waals surface area (Å²) < 4.78 is 0. The van der Waals surface area contributed by atoms with Crippen LogP contribution in [0.4, 0.5) is 0 Å². The summed E-state index contributed by atoms with van der Waals surface area (Å²) >= 11 is 18.0. The molecule has 0 heterocycles. The molecular formula is C16H29Cl3Si. The predicted octanol–water partition coefficient (Wildman–Crippen LogP) is 7.20. The zero-order valence-electron chi connectivity index (χ0n) is 12.8. The normalized spacial score (nSPS) is 22.8. The molecule has 0 radical (unpaired) electrons. The average Bonchev–Trinajstić information content (AvgIpc) is 3.04. The van der Waals surface area contributed by atoms with E-state index in [1.807, 2.05) is 0 Å². The molecule has 0 bridgehead atoms. The topological polar surface area (TPSA) is 0 Å². The highest BCUT2D eigenvalue weighted by Gasteiger charge is 2.42. The van der Waals surface area contributed by atoms with Crippen molar-refractivity contribution in [1.82, 2.24) is 0 Å². The van der Waals surface area contributed by atoms with Gasteiger partial charge in [0.25, 0.3) is 0 Å². The largest absolute Gasteiger partial charge is 0.341 e. The van der Waals surface area contributed by atoms with Gasteiger partial charge in [-0.25, -0.2) is 0 Å². The Bertz CT molecular complexity index is 273. The molecule has 2 aliphatic rings. The van der Waals surface area contributed by atoms with Gasteiger partial charge in [0.15, 0.2) is 0 Å². The standard InChI is InChI=1S/C16H29Cl3Si/c1-16(14-8-2-3-9-14,15-10-4-5-11-15)12-6-7-13-20(17,18)19/h14-15H,2-13H2,1H3. The fourth-order valence-corrected chi connectivity index (χ4v) is 6.60. The smallest absolute Gasteiger partial charge is 0.126 e. The molecular weight excluding hydrogens is 327 g/mol. The van der Waals surface area contributed by atoms with Crippen molar-refractivity contribution in [3.05, 3.63) is 0 Å². The average molecular weight is 356 g/mol. The molecule has 2 saturated carbocycles. The molecule has 0 aromatic heterocycles. The molecule has 0 aromatic carbocycles. The first kappa shape index (κ1) is 17.4. The molecule has 0 saturated heterocycles. The first-order valence-electron chi connectivity index (χ1n) is 8.48. The summed E-state index contributed by atoms with van der Waals surface area (Å²) in [4.78, 5) is 0. The van der Waals surface area contributed by atoms with Crippen molar-refractivity contribution in [3.8, 4) is 0 Å². The maximum absolute atomic E-state index is 6.01. The molecule has 0 amide bonds. The Morgan fingerprint density at radius 3 is 1.70 bits per heavy atom. The van der Waals surface area contributed by atoms with Gasteiger partial charge in [0.05, 0.1) is 0 Å². The molecule has 118 valence electrons. The first-order chi connectivity index (χ1) is 9.42. The summed E-state index contributed by atoms with van der Waals surface area (Å²) in [6.07, 6.45) is 15.4. The summed E-state index contributed by atoms with van der Waals surface area (Å²) in [5.74, 6) is 1.94. The van der Waals surface area contributed by atoms with E-state index in [0.29, 0.717) is 5.41 Å². The Morgan fingerprint density at radius 2 is 1.30 bits per heavy atom. The molecule has 0 spiro atoms. The van der Waals surface area contributed by atoms with Gasteiger partial charge in [0.1, 0.15) is 0 Å². The third-order valence-electron chi connectivity index (χ3n) is 6.00. The summed E-state index contributed by atoms with van der Waals surface area (Å²) in [6.45, 7) is 2.59. The molecule has 0 N–H and O–H groups in total. The van der Waals surface area contributed by atoms with Gasteiger partial charge in [-0.15, -0.1) is 33.2 Å². The van der Waals surface area contributed by atoms with Crippen molar-refractivity contribution in [2.24, 2.45) is 17.3 Å². The van der Waals surface area contributed by atoms with Gasteiger partial charge in [-0.3, -0.25) is 0 Å². The molecule has 0 aliphatic heterocycles. The SMILES string of the molecule is CC(CCCC[Si](Cl)(Cl)Cl)(C1CCCC1)C1CCCC1. The van der Waals surface area contributed by atoms with Crippen molar-refractivity contribution in [1.29, 1.82) is 0 Å². The van der Waals surface area contributed by atoms with Gasteiger partial charge in [-0.2, -0.15) is 0 Å². The molecule has 0 atom stereocenters. The highest BCUT2D eigenvalue weighted by molar-refractivity contribution is 7.64. The van der Waals surface area contributed by atoms with Crippen molar-refractivity contribution in [2.45, 2.75) is 83.6 Å². The fourth-order valence-electron chi connectivity index (χ4n) is 4.74. The van der Waals surface area contributed by atoms with Gasteiger partial charge in [0, 0.05) is 0 Å². The van der Waals surface area contributed by atoms with Crippen molar-refractivity contribution in [3.63, 3.8) is 0 Å². The van der Waals surface area contributed by atoms with E-state index in [1.165, 1.54) is 64.2 Å². The third kappa shape index (κ3) is 4.79. The zero-order chi connectivity index (χ0) is 14.6. The van der Waals surface area contributed by atoms with Crippen LogP contribution in [-0.2, 0) is 0 Å². The Kier molecular flexibility index (Phi) is 6.60. The molecule has 0 aromatic rings. The summed E-state index contributed by atoms with van der Waals surface area (Å²) in [5.41, 5.74) is 0.572. The van der Waals surface area contributed by atoms with E-state index in [0.717, 1.165) is 24.3 Å². The molecule has 20 heavy (non-hydrogen) atoms. The Labute approximate surface area is 140 Å². The lowest BCUT2D eigenvalue weighted by Gasteiger charge is -2.42. The second-order valence-corrected chi connectivity index (χ2v) is 16.6. The zero-order valence-corrected chi connectivity index (χ0v) is 16.0. The second kappa shape index (κ2) is 7.57. The minimum atomic E-state index is -2.40. The van der Waals surface area contributed by atoms with Crippen LogP contribution in [0.5, 0.6) is 0 Å². The van der Waals surface area contributed by atoms with E-state index in [1.54, 1.807) is 0 Å². The monoisotopic (exact) mass is 354 g/mol. The lowest BCUT2D eigenvalue weighted by molar-refractivity contribution is 0.0817. The molecule has 0 unspecified atom stereocenters. The maximum atomic E-state index is 6.01. The lowest BCUT2D eigenvalue weighted by Crippen LogP contribution is -2.33. The van der Waals surface area contributed by atoms with Crippen molar-refractivity contribution in [2.75, 3.05) is 0 Å². The third-order valence-corrected chi connectivity index (χ3v) is 8.62. The van der Waals surface area contributed by atoms with Crippen LogP contribution in [0.1, 0.15) is 77.6 Å². The van der Waals surface area contributed by atoms with Crippen LogP contribution in [0.2, 0.25) is 6.04 Å². The van der Waals surface area contributed by atoms with Crippen LogP contribution in [0, 0.1) is 17.3 Å². The van der Waals surface area contributed by atoms with Crippen LogP contribution in [0.15, 0.2) is 0 Å². The van der Waals surface area contributed by atoms with E-state index in [2.05, 4.69) is 6.92 Å². The summed E-state index contributed by atoms with van der Waals surface area (Å²) in [5, 5.41) is 0. The van der Waals surface area contributed by atoms with E-state index in [4.69, 9.17) is 33.2 Å². The predicted molar refractivity (Wildman–Crippen MR) is 94.0 cm³/mol. The molecule has 0 nitrogen and oxygen atoms in total. The van der Waals surface area contributed by atoms with Crippen LogP contribution < -0.4 is 0 Å². The summed E-state index contributed by atoms with van der Waals surface area (Å²) in [6, 6.07) is -1.56. The van der Waals surface area contributed by atoms with Crippen LogP contribution in [0.3, 0.4) is 0 Å². The molecule has 2 rings (SSSR count). The molecule has 2 aliphatic carbocycles. The van der Waals surface area contributed by atoms with Crippen molar-refractivity contribution < 1.29 is 0 Å².